The molecule has 4 heteroatoms. The van der Waals surface area contributed by atoms with E-state index >= 15 is 0 Å². The smallest absolute Gasteiger partial charge is 0.423 e. The number of hydrogen-bond acceptors (Lipinski definition) is 3. The molecule has 0 amide bonds. The fourth-order valence-electron chi connectivity index (χ4n) is 1.42. The first kappa shape index (κ1) is 24.7. The van der Waals surface area contributed by atoms with E-state index in [0.717, 1.165) is 6.42 Å². The van der Waals surface area contributed by atoms with E-state index in [1.54, 1.807) is 0 Å². The van der Waals surface area contributed by atoms with Crippen molar-refractivity contribution < 1.29 is 10.0 Å². The highest BCUT2D eigenvalue weighted by molar-refractivity contribution is 7.20. The maximum absolute atomic E-state index is 8.91. The summed E-state index contributed by atoms with van der Waals surface area (Å²) in [6.45, 7) is 14.2. The van der Waals surface area contributed by atoms with Gasteiger partial charge in [-0.1, -0.05) is 67.7 Å². The van der Waals surface area contributed by atoms with E-state index in [0.29, 0.717) is 4.78 Å². The molecule has 2 nitrogen and oxygen atoms in total. The van der Waals surface area contributed by atoms with Gasteiger partial charge in [0, 0.05) is 4.78 Å². The Kier molecular flexibility index (Phi) is 25.9. The van der Waals surface area contributed by atoms with Crippen molar-refractivity contribution in [2.24, 2.45) is 0 Å². The monoisotopic (exact) mass is 302 g/mol. The van der Waals surface area contributed by atoms with Gasteiger partial charge in [0.15, 0.2) is 0 Å². The van der Waals surface area contributed by atoms with Crippen LogP contribution in [0.4, 0.5) is 0 Å². The van der Waals surface area contributed by atoms with Crippen LogP contribution in [0.2, 0.25) is 0 Å². The number of unbranched alkanes of at least 4 members (excludes halogenated alkanes) is 3. The maximum atomic E-state index is 8.91. The molecule has 20 heavy (non-hydrogen) atoms. The highest BCUT2D eigenvalue weighted by atomic mass is 32.1. The van der Waals surface area contributed by atoms with Gasteiger partial charge in [-0.05, 0) is 29.9 Å². The summed E-state index contributed by atoms with van der Waals surface area (Å²) in [7, 11) is -1.30. The number of aryl methyl sites for hydroxylation is 1. The van der Waals surface area contributed by atoms with Crippen molar-refractivity contribution in [3.05, 3.63) is 17.0 Å². The Bertz CT molecular complexity index is 263. The molecular weight excluding hydrogens is 267 g/mol. The third-order valence-corrected chi connectivity index (χ3v) is 3.27. The summed E-state index contributed by atoms with van der Waals surface area (Å²) in [6.07, 6.45) is 6.07. The molecule has 0 atom stereocenters. The summed E-state index contributed by atoms with van der Waals surface area (Å²) < 4.78 is 0.649. The summed E-state index contributed by atoms with van der Waals surface area (Å²) >= 11 is 1.42. The van der Waals surface area contributed by atoms with Crippen LogP contribution in [-0.2, 0) is 6.42 Å². The van der Waals surface area contributed by atoms with Crippen LogP contribution >= 0.6 is 11.3 Å². The molecule has 0 saturated carbocycles. The van der Waals surface area contributed by atoms with Crippen molar-refractivity contribution in [3.8, 4) is 0 Å². The first-order valence-corrected chi connectivity index (χ1v) is 9.05. The molecule has 1 rings (SSSR count). The fraction of sp³-hybridized carbons (Fsp3) is 0.750. The normalized spacial score (nSPS) is 8.25. The van der Waals surface area contributed by atoms with Crippen LogP contribution in [0.15, 0.2) is 11.4 Å². The van der Waals surface area contributed by atoms with E-state index in [2.05, 4.69) is 6.92 Å². The third kappa shape index (κ3) is 14.1. The van der Waals surface area contributed by atoms with Crippen LogP contribution in [0.1, 0.15) is 79.7 Å². The Hall–Kier alpha value is -0.315. The Labute approximate surface area is 131 Å². The molecule has 1 aromatic heterocycles. The van der Waals surface area contributed by atoms with E-state index in [9.17, 15) is 0 Å². The lowest BCUT2D eigenvalue weighted by Crippen LogP contribution is -2.26. The summed E-state index contributed by atoms with van der Waals surface area (Å²) in [5.41, 5.74) is 1.23. The second-order valence-electron chi connectivity index (χ2n) is 3.54. The molecule has 0 saturated heterocycles. The van der Waals surface area contributed by atoms with Gasteiger partial charge in [-0.2, -0.15) is 11.3 Å². The predicted octanol–water partition coefficient (Wildman–Crippen LogP) is 4.63. The van der Waals surface area contributed by atoms with E-state index in [1.807, 2.05) is 53.0 Å². The van der Waals surface area contributed by atoms with E-state index in [1.165, 1.54) is 42.6 Å². The zero-order valence-electron chi connectivity index (χ0n) is 14.6. The standard InChI is InChI=1S/C10H17BO2S.3C2H6/c1-2-3-4-5-6-9-7-10(11(12)13)14-8-9;3*1-2/h7-8,12-13H,2-6H2,1H3;3*1-2H3. The third-order valence-electron chi connectivity index (χ3n) is 2.25. The molecule has 0 radical (unpaired) electrons. The van der Waals surface area contributed by atoms with Crippen molar-refractivity contribution in [3.63, 3.8) is 0 Å². The molecule has 2 N–H and O–H groups in total. The SMILES string of the molecule is CC.CC.CC.CCCCCCc1csc(B(O)O)c1. The van der Waals surface area contributed by atoms with Crippen LogP contribution < -0.4 is 4.78 Å². The molecule has 0 fully saturated rings. The van der Waals surface area contributed by atoms with Gasteiger partial charge in [0.25, 0.3) is 0 Å². The molecule has 0 aliphatic heterocycles. The van der Waals surface area contributed by atoms with Crippen molar-refractivity contribution in [1.29, 1.82) is 0 Å². The lowest BCUT2D eigenvalue weighted by atomic mass is 9.89. The first-order valence-electron chi connectivity index (χ1n) is 8.17. The quantitative estimate of drug-likeness (QED) is 0.594. The van der Waals surface area contributed by atoms with Gasteiger partial charge in [0.1, 0.15) is 0 Å². The second kappa shape index (κ2) is 21.0. The number of thiophene rings is 1. The molecule has 0 aliphatic carbocycles. The predicted molar refractivity (Wildman–Crippen MR) is 96.0 cm³/mol. The van der Waals surface area contributed by atoms with E-state index in [-0.39, 0.29) is 0 Å². The van der Waals surface area contributed by atoms with Crippen molar-refractivity contribution in [2.75, 3.05) is 0 Å². The highest BCUT2D eigenvalue weighted by Crippen LogP contribution is 2.10. The van der Waals surface area contributed by atoms with Gasteiger partial charge in [-0.3, -0.25) is 0 Å². The van der Waals surface area contributed by atoms with Crippen LogP contribution in [0.25, 0.3) is 0 Å². The average molecular weight is 302 g/mol. The topological polar surface area (TPSA) is 40.5 Å². The Morgan fingerprint density at radius 1 is 0.950 bits per heavy atom. The fourth-order valence-corrected chi connectivity index (χ4v) is 2.23. The molecule has 1 aromatic rings. The Balaban J connectivity index is -0.000000425. The Morgan fingerprint density at radius 2 is 1.50 bits per heavy atom. The van der Waals surface area contributed by atoms with Crippen LogP contribution in [-0.4, -0.2) is 17.2 Å². The maximum Gasteiger partial charge on any atom is 0.499 e. The zero-order chi connectivity index (χ0) is 16.4. The molecule has 0 bridgehead atoms. The minimum Gasteiger partial charge on any atom is -0.423 e. The van der Waals surface area contributed by atoms with Crippen LogP contribution in [0, 0.1) is 0 Å². The second-order valence-corrected chi connectivity index (χ2v) is 4.48. The molecule has 120 valence electrons. The van der Waals surface area contributed by atoms with Gasteiger partial charge in [-0.25, -0.2) is 0 Å². The summed E-state index contributed by atoms with van der Waals surface area (Å²) in [6, 6.07) is 1.89. The Morgan fingerprint density at radius 3 is 1.90 bits per heavy atom. The van der Waals surface area contributed by atoms with Crippen LogP contribution in [0.5, 0.6) is 0 Å². The molecule has 0 aromatic carbocycles. The number of rotatable bonds is 6. The molecule has 1 heterocycles. The molecule has 0 aliphatic rings. The van der Waals surface area contributed by atoms with Gasteiger partial charge in [0.2, 0.25) is 0 Å². The highest BCUT2D eigenvalue weighted by Gasteiger charge is 2.13. The minimum absolute atomic E-state index is 0.649. The van der Waals surface area contributed by atoms with Gasteiger partial charge < -0.3 is 10.0 Å². The summed E-state index contributed by atoms with van der Waals surface area (Å²) in [4.78, 5) is 0. The molecule has 0 spiro atoms. The zero-order valence-corrected chi connectivity index (χ0v) is 15.4. The molecule has 0 unspecified atom stereocenters. The van der Waals surface area contributed by atoms with Gasteiger partial charge in [-0.15, -0.1) is 0 Å². The summed E-state index contributed by atoms with van der Waals surface area (Å²) in [5, 5.41) is 19.8. The first-order chi connectivity index (χ1) is 9.74. The van der Waals surface area contributed by atoms with Crippen molar-refractivity contribution in [1.82, 2.24) is 0 Å². The van der Waals surface area contributed by atoms with Crippen molar-refractivity contribution >= 4 is 23.2 Å². The van der Waals surface area contributed by atoms with Gasteiger partial charge in [0.05, 0.1) is 0 Å². The van der Waals surface area contributed by atoms with Crippen molar-refractivity contribution in [2.45, 2.75) is 80.6 Å². The van der Waals surface area contributed by atoms with E-state index < -0.39 is 7.12 Å². The summed E-state index contributed by atoms with van der Waals surface area (Å²) in [5.74, 6) is 0. The average Bonchev–Trinajstić information content (AvgIpc) is 2.99. The van der Waals surface area contributed by atoms with E-state index in [4.69, 9.17) is 10.0 Å². The van der Waals surface area contributed by atoms with Gasteiger partial charge >= 0.3 is 7.12 Å². The van der Waals surface area contributed by atoms with Crippen LogP contribution in [0.3, 0.4) is 0 Å². The lowest BCUT2D eigenvalue weighted by Gasteiger charge is -1.96. The lowest BCUT2D eigenvalue weighted by molar-refractivity contribution is 0.427. The molecular formula is C16H35BO2S. The minimum atomic E-state index is -1.30. The largest absolute Gasteiger partial charge is 0.499 e. The number of hydrogen-bond donors (Lipinski definition) is 2.